The van der Waals surface area contributed by atoms with Crippen LogP contribution in [0.3, 0.4) is 0 Å². The molecule has 0 aliphatic heterocycles. The summed E-state index contributed by atoms with van der Waals surface area (Å²) >= 11 is 0. The monoisotopic (exact) mass is 245 g/mol. The fraction of sp³-hybridized carbons (Fsp3) is 0.500. The summed E-state index contributed by atoms with van der Waals surface area (Å²) in [5.41, 5.74) is 0. The summed E-state index contributed by atoms with van der Waals surface area (Å²) in [7, 11) is 3.25. The second kappa shape index (κ2) is 9.34. The van der Waals surface area contributed by atoms with E-state index >= 15 is 0 Å². The number of rotatable bonds is 5. The zero-order chi connectivity index (χ0) is 13.1. The predicted molar refractivity (Wildman–Crippen MR) is 57.0 cm³/mol. The smallest absolute Gasteiger partial charge is 0.344 e. The lowest BCUT2D eigenvalue weighted by atomic mass is 10.5. The molecule has 0 saturated carbocycles. The van der Waals surface area contributed by atoms with Crippen LogP contribution in [0.2, 0.25) is 0 Å². The number of ether oxygens (including phenoxy) is 3. The van der Waals surface area contributed by atoms with Crippen molar-refractivity contribution in [3.8, 4) is 5.88 Å². The quantitative estimate of drug-likeness (QED) is 0.557. The van der Waals surface area contributed by atoms with E-state index in [-0.39, 0.29) is 24.9 Å². The third-order valence-corrected chi connectivity index (χ3v) is 1.30. The molecule has 0 atom stereocenters. The molecular weight excluding hydrogens is 230 g/mol. The fourth-order valence-corrected chi connectivity index (χ4v) is 0.762. The van der Waals surface area contributed by atoms with Crippen molar-refractivity contribution in [3.63, 3.8) is 0 Å². The fourth-order valence-electron chi connectivity index (χ4n) is 0.762. The van der Waals surface area contributed by atoms with Gasteiger partial charge in [-0.25, -0.2) is 4.79 Å². The van der Waals surface area contributed by atoms with Crippen LogP contribution in [-0.2, 0) is 14.3 Å². The van der Waals surface area contributed by atoms with E-state index in [1.54, 1.807) is 21.1 Å². The lowest BCUT2D eigenvalue weighted by Gasteiger charge is -2.01. The Morgan fingerprint density at radius 2 is 2.18 bits per heavy atom. The van der Waals surface area contributed by atoms with Crippen LogP contribution in [-0.4, -0.2) is 44.7 Å². The minimum atomic E-state index is -0.521. The van der Waals surface area contributed by atoms with Crippen molar-refractivity contribution in [1.29, 1.82) is 0 Å². The lowest BCUT2D eigenvalue weighted by molar-refractivity contribution is -0.145. The molecule has 0 aromatic carbocycles. The summed E-state index contributed by atoms with van der Waals surface area (Å²) in [5, 5.41) is 0. The van der Waals surface area contributed by atoms with Gasteiger partial charge in [-0.15, -0.1) is 0 Å². The Bertz CT molecular complexity index is 335. The number of carbonyl (C=O) groups excluding carboxylic acids is 2. The first kappa shape index (κ1) is 15.1. The van der Waals surface area contributed by atoms with Crippen LogP contribution in [0.4, 0.5) is 0 Å². The number of hydrogen-bond donors (Lipinski definition) is 0. The molecule has 0 fully saturated rings. The molecule has 0 aliphatic rings. The maximum absolute atomic E-state index is 10.8. The zero-order valence-corrected chi connectivity index (χ0v) is 9.97. The maximum Gasteiger partial charge on any atom is 0.344 e. The highest BCUT2D eigenvalue weighted by molar-refractivity contribution is 5.74. The van der Waals surface area contributed by atoms with Crippen LogP contribution in [0.1, 0.15) is 17.5 Å². The molecule has 96 valence electrons. The van der Waals surface area contributed by atoms with Crippen LogP contribution < -0.4 is 4.74 Å². The van der Waals surface area contributed by atoms with Gasteiger partial charge in [0.25, 0.3) is 5.88 Å². The molecule has 0 amide bonds. The first-order valence-electron chi connectivity index (χ1n) is 4.76. The third-order valence-electron chi connectivity index (χ3n) is 1.30. The van der Waals surface area contributed by atoms with Gasteiger partial charge in [-0.1, -0.05) is 0 Å². The minimum Gasteiger partial charge on any atom is -0.463 e. The highest BCUT2D eigenvalue weighted by atomic mass is 16.6. The van der Waals surface area contributed by atoms with Gasteiger partial charge < -0.3 is 18.6 Å². The van der Waals surface area contributed by atoms with Gasteiger partial charge in [-0.05, 0) is 6.92 Å². The van der Waals surface area contributed by atoms with Crippen LogP contribution in [0, 0.1) is 0 Å². The van der Waals surface area contributed by atoms with Crippen molar-refractivity contribution < 1.29 is 28.2 Å². The Labute approximate surface area is 98.7 Å². The highest BCUT2D eigenvalue weighted by Crippen LogP contribution is 2.12. The van der Waals surface area contributed by atoms with Crippen LogP contribution >= 0.6 is 0 Å². The van der Waals surface area contributed by atoms with E-state index < -0.39 is 5.97 Å². The van der Waals surface area contributed by atoms with Crippen molar-refractivity contribution in [2.24, 2.45) is 0 Å². The molecule has 7 nitrogen and oxygen atoms in total. The lowest BCUT2D eigenvalue weighted by Crippen LogP contribution is -2.15. The van der Waals surface area contributed by atoms with Gasteiger partial charge >= 0.3 is 5.97 Å². The van der Waals surface area contributed by atoms with Crippen LogP contribution in [0.15, 0.2) is 10.8 Å². The molecule has 7 heteroatoms. The highest BCUT2D eigenvalue weighted by Gasteiger charge is 2.10. The summed E-state index contributed by atoms with van der Waals surface area (Å²) < 4.78 is 18.4. The molecule has 0 aliphatic carbocycles. The second-order valence-electron chi connectivity index (χ2n) is 2.64. The number of aromatic nitrogens is 1. The molecule has 0 unspecified atom stereocenters. The Balaban J connectivity index is 0.000000770. The average Bonchev–Trinajstić information content (AvgIpc) is 2.75. The van der Waals surface area contributed by atoms with E-state index in [0.29, 0.717) is 6.29 Å². The van der Waals surface area contributed by atoms with E-state index in [9.17, 15) is 9.59 Å². The van der Waals surface area contributed by atoms with Gasteiger partial charge in [0.1, 0.15) is 0 Å². The van der Waals surface area contributed by atoms with Gasteiger partial charge in [-0.2, -0.15) is 4.98 Å². The van der Waals surface area contributed by atoms with E-state index in [4.69, 9.17) is 4.74 Å². The molecule has 1 heterocycles. The molecule has 1 rings (SSSR count). The molecule has 0 radical (unpaired) electrons. The minimum absolute atomic E-state index is 0.00643. The maximum atomic E-state index is 10.8. The molecule has 0 saturated heterocycles. The number of oxazole rings is 1. The van der Waals surface area contributed by atoms with Gasteiger partial charge in [0.15, 0.2) is 19.3 Å². The molecule has 1 aromatic heterocycles. The molecule has 0 N–H and O–H groups in total. The van der Waals surface area contributed by atoms with Crippen molar-refractivity contribution in [2.45, 2.75) is 6.92 Å². The summed E-state index contributed by atoms with van der Waals surface area (Å²) in [5.74, 6) is -0.574. The standard InChI is InChI=1S/C8H9NO5.C2H6O/c1-2-12-7(11)4-13-8-6(3-10)14-5-9-8;1-3-2/h3,5H,2,4H2,1H3;1-2H3. The van der Waals surface area contributed by atoms with Crippen LogP contribution in [0.5, 0.6) is 5.88 Å². The topological polar surface area (TPSA) is 87.9 Å². The predicted octanol–water partition coefficient (Wildman–Crippen LogP) is 0.692. The van der Waals surface area contributed by atoms with Gasteiger partial charge in [0.05, 0.1) is 6.61 Å². The van der Waals surface area contributed by atoms with Crippen molar-refractivity contribution >= 4 is 12.3 Å². The van der Waals surface area contributed by atoms with Gasteiger partial charge in [0.2, 0.25) is 5.76 Å². The molecule has 17 heavy (non-hydrogen) atoms. The van der Waals surface area contributed by atoms with Crippen LogP contribution in [0.25, 0.3) is 0 Å². The van der Waals surface area contributed by atoms with E-state index in [2.05, 4.69) is 18.9 Å². The number of hydrogen-bond acceptors (Lipinski definition) is 7. The molecule has 0 bridgehead atoms. The van der Waals surface area contributed by atoms with Crippen molar-refractivity contribution in [3.05, 3.63) is 12.2 Å². The van der Waals surface area contributed by atoms with E-state index in [1.807, 2.05) is 0 Å². The van der Waals surface area contributed by atoms with E-state index in [1.165, 1.54) is 0 Å². The third kappa shape index (κ3) is 6.31. The molecule has 1 aromatic rings. The summed E-state index contributed by atoms with van der Waals surface area (Å²) in [4.78, 5) is 24.8. The first-order valence-corrected chi connectivity index (χ1v) is 4.76. The number of methoxy groups -OCH3 is 1. The number of esters is 1. The first-order chi connectivity index (χ1) is 8.19. The Morgan fingerprint density at radius 1 is 1.53 bits per heavy atom. The second-order valence-corrected chi connectivity index (χ2v) is 2.64. The molecule has 0 spiro atoms. The van der Waals surface area contributed by atoms with Crippen molar-refractivity contribution in [1.82, 2.24) is 4.98 Å². The largest absolute Gasteiger partial charge is 0.463 e. The number of aldehydes is 1. The molecular formula is C10H15NO6. The summed E-state index contributed by atoms with van der Waals surface area (Å²) in [6, 6.07) is 0. The van der Waals surface area contributed by atoms with Gasteiger partial charge in [0, 0.05) is 14.2 Å². The zero-order valence-electron chi connectivity index (χ0n) is 9.97. The summed E-state index contributed by atoms with van der Waals surface area (Å²) in [6.45, 7) is 1.67. The summed E-state index contributed by atoms with van der Waals surface area (Å²) in [6.07, 6.45) is 1.51. The number of nitrogens with zero attached hydrogens (tertiary/aromatic N) is 1. The van der Waals surface area contributed by atoms with E-state index in [0.717, 1.165) is 6.39 Å². The van der Waals surface area contributed by atoms with Crippen molar-refractivity contribution in [2.75, 3.05) is 27.4 Å². The number of carbonyl (C=O) groups is 2. The SMILES string of the molecule is CCOC(=O)COc1ncoc1C=O.COC. The Kier molecular flexibility index (Phi) is 8.31. The Hall–Kier alpha value is -1.89. The Morgan fingerprint density at radius 3 is 2.71 bits per heavy atom. The average molecular weight is 245 g/mol. The normalized spacial score (nSPS) is 8.88. The van der Waals surface area contributed by atoms with Gasteiger partial charge in [-0.3, -0.25) is 4.79 Å².